The summed E-state index contributed by atoms with van der Waals surface area (Å²) in [6.45, 7) is 5.94. The molecule has 34 heavy (non-hydrogen) atoms. The lowest BCUT2D eigenvalue weighted by molar-refractivity contribution is 0.0532. The summed E-state index contributed by atoms with van der Waals surface area (Å²) in [6.07, 6.45) is 1.97. The van der Waals surface area contributed by atoms with Gasteiger partial charge in [0.1, 0.15) is 28.8 Å². The number of aryl methyl sites for hydroxylation is 1. The molecule has 0 bridgehead atoms. The van der Waals surface area contributed by atoms with Gasteiger partial charge in [0.15, 0.2) is 5.13 Å². The Bertz CT molecular complexity index is 1200. The maximum atomic E-state index is 15.1. The largest absolute Gasteiger partial charge is 0.462 e. The molecule has 0 aliphatic carbocycles. The number of hydrogen-bond donors (Lipinski definition) is 2. The van der Waals surface area contributed by atoms with E-state index in [1.807, 2.05) is 0 Å². The highest BCUT2D eigenvalue weighted by molar-refractivity contribution is 7.17. The van der Waals surface area contributed by atoms with Crippen molar-refractivity contribution in [3.05, 3.63) is 45.4 Å². The predicted molar refractivity (Wildman–Crippen MR) is 127 cm³/mol. The monoisotopic (exact) mass is 506 g/mol. The lowest BCUT2D eigenvalue weighted by atomic mass is 10.0. The van der Waals surface area contributed by atoms with E-state index in [4.69, 9.17) is 16.3 Å². The minimum atomic E-state index is -1.33. The van der Waals surface area contributed by atoms with Gasteiger partial charge in [-0.3, -0.25) is 4.79 Å². The van der Waals surface area contributed by atoms with Gasteiger partial charge in [0, 0.05) is 18.4 Å². The van der Waals surface area contributed by atoms with Gasteiger partial charge < -0.3 is 19.9 Å². The fourth-order valence-electron chi connectivity index (χ4n) is 3.82. The Balaban J connectivity index is 1.50. The number of nitrogens with one attached hydrogen (secondary N) is 2. The molecule has 4 rings (SSSR count). The second-order valence-corrected chi connectivity index (χ2v) is 9.24. The van der Waals surface area contributed by atoms with Crippen LogP contribution in [0.3, 0.4) is 0 Å². The highest BCUT2D eigenvalue weighted by Gasteiger charge is 2.34. The van der Waals surface area contributed by atoms with Crippen LogP contribution >= 0.6 is 22.9 Å². The van der Waals surface area contributed by atoms with Gasteiger partial charge in [-0.25, -0.2) is 24.1 Å². The average Bonchev–Trinajstić information content (AvgIpc) is 3.39. The summed E-state index contributed by atoms with van der Waals surface area (Å²) >= 11 is 7.30. The second-order valence-electron chi connectivity index (χ2n) is 7.88. The zero-order chi connectivity index (χ0) is 24.4. The molecule has 0 unspecified atom stereocenters. The number of carbonyl (C=O) groups is 2. The molecular weight excluding hydrogens is 483 g/mol. The molecule has 3 aromatic heterocycles. The van der Waals surface area contributed by atoms with Gasteiger partial charge in [-0.2, -0.15) is 0 Å². The topological polar surface area (TPSA) is 113 Å². The molecule has 12 heteroatoms. The molecule has 1 aliphatic heterocycles. The van der Waals surface area contributed by atoms with Crippen LogP contribution in [0, 0.1) is 13.8 Å². The van der Waals surface area contributed by atoms with E-state index in [1.54, 1.807) is 37.9 Å². The third-order valence-electron chi connectivity index (χ3n) is 5.60. The number of hydrogen-bond acceptors (Lipinski definition) is 8. The molecule has 0 spiro atoms. The highest BCUT2D eigenvalue weighted by Crippen LogP contribution is 2.34. The lowest BCUT2D eigenvalue weighted by Crippen LogP contribution is -2.52. The zero-order valence-corrected chi connectivity index (χ0v) is 20.5. The number of alkyl halides is 1. The van der Waals surface area contributed by atoms with Crippen LogP contribution in [0.4, 0.5) is 9.52 Å². The van der Waals surface area contributed by atoms with E-state index >= 15 is 4.39 Å². The zero-order valence-electron chi connectivity index (χ0n) is 18.9. The number of piperidine rings is 1. The van der Waals surface area contributed by atoms with E-state index in [0.717, 1.165) is 11.3 Å². The number of esters is 1. The van der Waals surface area contributed by atoms with Crippen LogP contribution in [0.25, 0.3) is 11.4 Å². The van der Waals surface area contributed by atoms with Crippen molar-refractivity contribution in [2.45, 2.75) is 39.4 Å². The van der Waals surface area contributed by atoms with Crippen LogP contribution in [-0.4, -0.2) is 63.7 Å². The summed E-state index contributed by atoms with van der Waals surface area (Å²) in [5, 5.41) is 3.77. The molecule has 2 N–H and O–H groups in total. The van der Waals surface area contributed by atoms with E-state index in [2.05, 4.69) is 25.3 Å². The third kappa shape index (κ3) is 4.76. The van der Waals surface area contributed by atoms with Crippen LogP contribution < -0.4 is 10.2 Å². The summed E-state index contributed by atoms with van der Waals surface area (Å²) < 4.78 is 20.3. The molecular formula is C22H24ClFN6O3S. The Morgan fingerprint density at radius 2 is 2.21 bits per heavy atom. The van der Waals surface area contributed by atoms with Crippen molar-refractivity contribution in [1.29, 1.82) is 0 Å². The molecule has 0 aromatic carbocycles. The fourth-order valence-corrected chi connectivity index (χ4v) is 4.96. The van der Waals surface area contributed by atoms with E-state index < -0.39 is 24.1 Å². The highest BCUT2D eigenvalue weighted by atomic mass is 35.5. The summed E-state index contributed by atoms with van der Waals surface area (Å²) in [5.41, 5.74) is 2.52. The number of amides is 1. The molecule has 2 atom stereocenters. The third-order valence-corrected chi connectivity index (χ3v) is 7.27. The number of halogens is 2. The van der Waals surface area contributed by atoms with Gasteiger partial charge >= 0.3 is 5.97 Å². The number of rotatable bonds is 6. The SMILES string of the molecule is CCOC(=O)c1sc(N2CC[C@@H](NC(=O)c3[nH]c(C)c(Cl)c3C)[C@@H](F)C2)nc1-c1ccncn1. The molecule has 180 valence electrons. The molecule has 9 nitrogen and oxygen atoms in total. The number of nitrogens with zero attached hydrogens (tertiary/aromatic N) is 4. The average molecular weight is 507 g/mol. The lowest BCUT2D eigenvalue weighted by Gasteiger charge is -2.34. The number of ether oxygens (including phenoxy) is 1. The van der Waals surface area contributed by atoms with Gasteiger partial charge in [-0.1, -0.05) is 22.9 Å². The summed E-state index contributed by atoms with van der Waals surface area (Å²) in [7, 11) is 0. The summed E-state index contributed by atoms with van der Waals surface area (Å²) in [4.78, 5) is 42.9. The first-order valence-corrected chi connectivity index (χ1v) is 12.0. The van der Waals surface area contributed by atoms with Crippen molar-refractivity contribution in [3.63, 3.8) is 0 Å². The van der Waals surface area contributed by atoms with Crippen LogP contribution in [0.2, 0.25) is 5.02 Å². The van der Waals surface area contributed by atoms with Crippen LogP contribution in [0.15, 0.2) is 18.6 Å². The summed E-state index contributed by atoms with van der Waals surface area (Å²) in [6, 6.07) is 0.994. The van der Waals surface area contributed by atoms with Gasteiger partial charge in [0.2, 0.25) is 0 Å². The minimum Gasteiger partial charge on any atom is -0.462 e. The molecule has 0 radical (unpaired) electrons. The van der Waals surface area contributed by atoms with E-state index in [1.165, 1.54) is 6.33 Å². The Morgan fingerprint density at radius 1 is 1.41 bits per heavy atom. The van der Waals surface area contributed by atoms with E-state index in [-0.39, 0.29) is 13.2 Å². The van der Waals surface area contributed by atoms with Gasteiger partial charge in [0.25, 0.3) is 5.91 Å². The first-order chi connectivity index (χ1) is 16.3. The Labute approximate surface area is 204 Å². The molecule has 0 saturated carbocycles. The number of carbonyl (C=O) groups excluding carboxylic acids is 2. The first-order valence-electron chi connectivity index (χ1n) is 10.8. The number of thiazole rings is 1. The maximum Gasteiger partial charge on any atom is 0.350 e. The predicted octanol–water partition coefficient (Wildman–Crippen LogP) is 3.72. The Hall–Kier alpha value is -3.05. The molecule has 1 fully saturated rings. The van der Waals surface area contributed by atoms with Crippen LogP contribution in [0.5, 0.6) is 0 Å². The molecule has 1 aliphatic rings. The van der Waals surface area contributed by atoms with Crippen molar-refractivity contribution < 1.29 is 18.7 Å². The Morgan fingerprint density at radius 3 is 2.82 bits per heavy atom. The number of aromatic amines is 1. The molecule has 1 saturated heterocycles. The van der Waals surface area contributed by atoms with Gasteiger partial charge in [-0.15, -0.1) is 0 Å². The number of H-pyrrole nitrogens is 1. The fraction of sp³-hybridized carbons (Fsp3) is 0.409. The molecule has 1 amide bonds. The summed E-state index contributed by atoms with van der Waals surface area (Å²) in [5.74, 6) is -0.896. The Kier molecular flexibility index (Phi) is 7.13. The van der Waals surface area contributed by atoms with Crippen molar-refractivity contribution in [2.24, 2.45) is 0 Å². The number of aromatic nitrogens is 4. The smallest absolute Gasteiger partial charge is 0.350 e. The van der Waals surface area contributed by atoms with E-state index in [0.29, 0.717) is 56.3 Å². The normalized spacial score (nSPS) is 18.1. The van der Waals surface area contributed by atoms with Crippen LogP contribution in [-0.2, 0) is 4.74 Å². The molecule has 3 aromatic rings. The first kappa shape index (κ1) is 24.1. The van der Waals surface area contributed by atoms with Gasteiger partial charge in [-0.05, 0) is 38.8 Å². The standard InChI is InChI=1S/C22H24ClFN6O3S/c1-4-33-21(32)19-18(15-5-7-25-10-26-15)29-22(34-19)30-8-6-14(13(24)9-30)28-20(31)17-11(2)16(23)12(3)27-17/h5,7,10,13-14,27H,4,6,8-9H2,1-3H3,(H,28,31)/t13-,14+/m0/s1. The number of anilines is 1. The van der Waals surface area contributed by atoms with Gasteiger partial charge in [0.05, 0.1) is 29.9 Å². The second kappa shape index (κ2) is 10.1. The molecule has 4 heterocycles. The van der Waals surface area contributed by atoms with E-state index in [9.17, 15) is 9.59 Å². The van der Waals surface area contributed by atoms with Crippen molar-refractivity contribution in [2.75, 3.05) is 24.6 Å². The maximum absolute atomic E-state index is 15.1. The van der Waals surface area contributed by atoms with Crippen molar-refractivity contribution in [3.8, 4) is 11.4 Å². The van der Waals surface area contributed by atoms with Crippen molar-refractivity contribution in [1.82, 2.24) is 25.3 Å². The van der Waals surface area contributed by atoms with Crippen LogP contribution in [0.1, 0.15) is 44.8 Å². The minimum absolute atomic E-state index is 0.0213. The van der Waals surface area contributed by atoms with Crippen molar-refractivity contribution >= 4 is 39.9 Å². The quantitative estimate of drug-likeness (QED) is 0.490.